The van der Waals surface area contributed by atoms with Gasteiger partial charge in [0, 0.05) is 49.7 Å². The molecular weight excluding hydrogens is 392 g/mol. The van der Waals surface area contributed by atoms with Gasteiger partial charge < -0.3 is 24.5 Å². The van der Waals surface area contributed by atoms with Gasteiger partial charge in [0.15, 0.2) is 11.5 Å². The van der Waals surface area contributed by atoms with E-state index in [4.69, 9.17) is 14.2 Å². The van der Waals surface area contributed by atoms with Crippen molar-refractivity contribution in [2.45, 2.75) is 32.1 Å². The van der Waals surface area contributed by atoms with Crippen molar-refractivity contribution in [2.24, 2.45) is 0 Å². The van der Waals surface area contributed by atoms with Crippen molar-refractivity contribution >= 4 is 16.8 Å². The Labute approximate surface area is 183 Å². The van der Waals surface area contributed by atoms with E-state index in [2.05, 4.69) is 35.4 Å². The van der Waals surface area contributed by atoms with E-state index in [0.29, 0.717) is 31.1 Å². The second-order valence-electron chi connectivity index (χ2n) is 7.50. The molecule has 1 atom stereocenters. The lowest BCUT2D eigenvalue weighted by Crippen LogP contribution is -2.27. The normalized spacial score (nSPS) is 12.0. The third-order valence-electron chi connectivity index (χ3n) is 5.64. The Bertz CT molecular complexity index is 1010. The van der Waals surface area contributed by atoms with Gasteiger partial charge in [-0.05, 0) is 41.7 Å². The third kappa shape index (κ3) is 5.20. The lowest BCUT2D eigenvalue weighted by atomic mass is 9.87. The number of nitrogens with one attached hydrogen (secondary N) is 2. The van der Waals surface area contributed by atoms with E-state index in [9.17, 15) is 4.79 Å². The van der Waals surface area contributed by atoms with Gasteiger partial charge in [0.05, 0.1) is 14.2 Å². The van der Waals surface area contributed by atoms with Crippen molar-refractivity contribution in [1.29, 1.82) is 0 Å². The number of aromatic amines is 1. The summed E-state index contributed by atoms with van der Waals surface area (Å²) in [5.74, 6) is 1.21. The molecule has 0 spiro atoms. The summed E-state index contributed by atoms with van der Waals surface area (Å²) in [6.07, 6.45) is 4.10. The Kier molecular flexibility index (Phi) is 7.95. The largest absolute Gasteiger partial charge is 0.493 e. The zero-order valence-corrected chi connectivity index (χ0v) is 18.8. The molecule has 0 saturated carbocycles. The Morgan fingerprint density at radius 3 is 2.61 bits per heavy atom. The minimum Gasteiger partial charge on any atom is -0.493 e. The van der Waals surface area contributed by atoms with E-state index in [0.717, 1.165) is 34.9 Å². The molecule has 3 aromatic rings. The molecule has 2 N–H and O–H groups in total. The highest BCUT2D eigenvalue weighted by Crippen LogP contribution is 2.38. The SMILES string of the molecule is CCc1cccc2c(C(CC(=O)NCCCOC)c3ccc(OC)c(OC)c3)c[nH]c12. The molecular formula is C25H32N2O4. The number of aryl methyl sites for hydroxylation is 1. The number of carbonyl (C=O) groups excluding carboxylic acids is 1. The average Bonchev–Trinajstić information content (AvgIpc) is 3.24. The molecule has 0 aliphatic rings. The number of rotatable bonds is 11. The molecule has 166 valence electrons. The molecule has 1 unspecified atom stereocenters. The van der Waals surface area contributed by atoms with Crippen LogP contribution in [0.25, 0.3) is 10.9 Å². The van der Waals surface area contributed by atoms with Crippen LogP contribution >= 0.6 is 0 Å². The fourth-order valence-electron chi connectivity index (χ4n) is 4.00. The molecule has 0 aliphatic heterocycles. The van der Waals surface area contributed by atoms with Crippen LogP contribution in [0.1, 0.15) is 42.4 Å². The maximum absolute atomic E-state index is 12.8. The summed E-state index contributed by atoms with van der Waals surface area (Å²) in [6, 6.07) is 12.2. The van der Waals surface area contributed by atoms with Crippen LogP contribution < -0.4 is 14.8 Å². The number of fused-ring (bicyclic) bond motifs is 1. The Hall–Kier alpha value is -2.99. The van der Waals surface area contributed by atoms with Crippen molar-refractivity contribution < 1.29 is 19.0 Å². The van der Waals surface area contributed by atoms with Gasteiger partial charge in [-0.1, -0.05) is 31.2 Å². The molecule has 6 heteroatoms. The van der Waals surface area contributed by atoms with Gasteiger partial charge in [-0.3, -0.25) is 4.79 Å². The van der Waals surface area contributed by atoms with Crippen LogP contribution in [0, 0.1) is 0 Å². The van der Waals surface area contributed by atoms with Gasteiger partial charge in [0.2, 0.25) is 5.91 Å². The van der Waals surface area contributed by atoms with Crippen molar-refractivity contribution in [3.05, 3.63) is 59.3 Å². The predicted octanol–water partition coefficient (Wildman–Crippen LogP) is 4.42. The number of benzene rings is 2. The smallest absolute Gasteiger partial charge is 0.220 e. The molecule has 0 saturated heterocycles. The topological polar surface area (TPSA) is 72.6 Å². The minimum atomic E-state index is -0.122. The zero-order valence-electron chi connectivity index (χ0n) is 18.8. The lowest BCUT2D eigenvalue weighted by Gasteiger charge is -2.19. The average molecular weight is 425 g/mol. The summed E-state index contributed by atoms with van der Waals surface area (Å²) in [4.78, 5) is 16.2. The molecule has 1 aromatic heterocycles. The van der Waals surface area contributed by atoms with Crippen LogP contribution in [0.5, 0.6) is 11.5 Å². The van der Waals surface area contributed by atoms with Crippen LogP contribution in [0.2, 0.25) is 0 Å². The van der Waals surface area contributed by atoms with E-state index in [1.807, 2.05) is 24.4 Å². The molecule has 0 bridgehead atoms. The van der Waals surface area contributed by atoms with Crippen molar-refractivity contribution in [3.8, 4) is 11.5 Å². The number of para-hydroxylation sites is 1. The maximum atomic E-state index is 12.8. The standard InChI is InChI=1S/C25H32N2O4/c1-5-17-8-6-9-19-21(16-27-25(17)19)20(15-24(28)26-12-7-13-29-2)18-10-11-22(30-3)23(14-18)31-4/h6,8-11,14,16,20,27H,5,7,12-13,15H2,1-4H3,(H,26,28). The maximum Gasteiger partial charge on any atom is 0.220 e. The Morgan fingerprint density at radius 2 is 1.90 bits per heavy atom. The number of aromatic nitrogens is 1. The molecule has 0 fully saturated rings. The second-order valence-corrected chi connectivity index (χ2v) is 7.50. The Balaban J connectivity index is 1.98. The molecule has 6 nitrogen and oxygen atoms in total. The number of hydrogen-bond donors (Lipinski definition) is 2. The van der Waals surface area contributed by atoms with Crippen LogP contribution in [0.15, 0.2) is 42.6 Å². The summed E-state index contributed by atoms with van der Waals surface area (Å²) in [6.45, 7) is 3.37. The summed E-state index contributed by atoms with van der Waals surface area (Å²) < 4.78 is 16.0. The van der Waals surface area contributed by atoms with Gasteiger partial charge in [-0.25, -0.2) is 0 Å². The van der Waals surface area contributed by atoms with Gasteiger partial charge in [0.25, 0.3) is 0 Å². The highest BCUT2D eigenvalue weighted by atomic mass is 16.5. The van der Waals surface area contributed by atoms with E-state index >= 15 is 0 Å². The zero-order chi connectivity index (χ0) is 22.2. The molecule has 31 heavy (non-hydrogen) atoms. The molecule has 2 aromatic carbocycles. The monoisotopic (exact) mass is 424 g/mol. The van der Waals surface area contributed by atoms with Gasteiger partial charge in [-0.15, -0.1) is 0 Å². The molecule has 0 radical (unpaired) electrons. The number of H-pyrrole nitrogens is 1. The van der Waals surface area contributed by atoms with Crippen molar-refractivity contribution in [3.63, 3.8) is 0 Å². The first kappa shape index (κ1) is 22.7. The van der Waals surface area contributed by atoms with Gasteiger partial charge >= 0.3 is 0 Å². The highest BCUT2D eigenvalue weighted by Gasteiger charge is 2.23. The molecule has 1 amide bonds. The number of carbonyl (C=O) groups is 1. The molecule has 0 aliphatic carbocycles. The fraction of sp³-hybridized carbons (Fsp3) is 0.400. The second kappa shape index (κ2) is 10.9. The molecule has 1 heterocycles. The van der Waals surface area contributed by atoms with Crippen LogP contribution in [-0.4, -0.2) is 45.4 Å². The number of amides is 1. The fourth-order valence-corrected chi connectivity index (χ4v) is 4.00. The minimum absolute atomic E-state index is 0.0110. The van der Waals surface area contributed by atoms with E-state index < -0.39 is 0 Å². The van der Waals surface area contributed by atoms with Crippen LogP contribution in [-0.2, 0) is 16.0 Å². The first-order valence-corrected chi connectivity index (χ1v) is 10.7. The summed E-state index contributed by atoms with van der Waals surface area (Å²) in [5.41, 5.74) is 4.50. The first-order chi connectivity index (χ1) is 15.1. The van der Waals surface area contributed by atoms with Crippen molar-refractivity contribution in [2.75, 3.05) is 34.5 Å². The van der Waals surface area contributed by atoms with E-state index in [1.165, 1.54) is 5.56 Å². The van der Waals surface area contributed by atoms with E-state index in [1.54, 1.807) is 21.3 Å². The summed E-state index contributed by atoms with van der Waals surface area (Å²) in [7, 11) is 4.91. The van der Waals surface area contributed by atoms with Gasteiger partial charge in [0.1, 0.15) is 0 Å². The summed E-state index contributed by atoms with van der Waals surface area (Å²) in [5, 5.41) is 4.16. The number of methoxy groups -OCH3 is 3. The summed E-state index contributed by atoms with van der Waals surface area (Å²) >= 11 is 0. The number of hydrogen-bond acceptors (Lipinski definition) is 4. The predicted molar refractivity (Wildman–Crippen MR) is 123 cm³/mol. The van der Waals surface area contributed by atoms with Crippen LogP contribution in [0.3, 0.4) is 0 Å². The third-order valence-corrected chi connectivity index (χ3v) is 5.64. The van der Waals surface area contributed by atoms with Crippen LogP contribution in [0.4, 0.5) is 0 Å². The lowest BCUT2D eigenvalue weighted by molar-refractivity contribution is -0.121. The number of ether oxygens (including phenoxy) is 3. The van der Waals surface area contributed by atoms with Crippen molar-refractivity contribution in [1.82, 2.24) is 10.3 Å². The van der Waals surface area contributed by atoms with Gasteiger partial charge in [-0.2, -0.15) is 0 Å². The molecule has 3 rings (SSSR count). The van der Waals surface area contributed by atoms with E-state index in [-0.39, 0.29) is 11.8 Å². The highest BCUT2D eigenvalue weighted by molar-refractivity contribution is 5.88. The Morgan fingerprint density at radius 1 is 1.10 bits per heavy atom. The first-order valence-electron chi connectivity index (χ1n) is 10.7. The quantitative estimate of drug-likeness (QED) is 0.447.